The molecule has 3 N–H and O–H groups in total. The molecule has 1 aliphatic rings. The van der Waals surface area contributed by atoms with Crippen molar-refractivity contribution < 1.29 is 19.4 Å². The Kier molecular flexibility index (Phi) is 4.50. The number of carbonyl (C=O) groups is 1. The van der Waals surface area contributed by atoms with Crippen molar-refractivity contribution >= 4 is 11.8 Å². The Balaban J connectivity index is 1.98. The molecule has 0 aliphatic heterocycles. The number of aromatic carboxylic acids is 1. The highest BCUT2D eigenvalue weighted by atomic mass is 16.5. The van der Waals surface area contributed by atoms with Crippen LogP contribution >= 0.6 is 0 Å². The molecule has 1 aromatic heterocycles. The number of nitrogens with two attached hydrogens (primary N) is 1. The number of hydrogen-bond donors (Lipinski definition) is 2. The topological polar surface area (TPSA) is 131 Å². The molecule has 2 aromatic rings. The molecule has 1 fully saturated rings. The van der Waals surface area contributed by atoms with Gasteiger partial charge >= 0.3 is 5.97 Å². The third kappa shape index (κ3) is 3.36. The molecule has 0 unspecified atom stereocenters. The van der Waals surface area contributed by atoms with Gasteiger partial charge in [0.1, 0.15) is 11.9 Å². The zero-order valence-corrected chi connectivity index (χ0v) is 13.5. The van der Waals surface area contributed by atoms with E-state index >= 15 is 0 Å². The van der Waals surface area contributed by atoms with Crippen molar-refractivity contribution in [3.05, 3.63) is 35.4 Å². The van der Waals surface area contributed by atoms with Gasteiger partial charge in [0, 0.05) is 25.5 Å². The van der Waals surface area contributed by atoms with Crippen LogP contribution in [0.3, 0.4) is 0 Å². The molecule has 0 bridgehead atoms. The Hall–Kier alpha value is -3.18. The van der Waals surface area contributed by atoms with Gasteiger partial charge in [-0.25, -0.2) is 9.78 Å². The monoisotopic (exact) mass is 340 g/mol. The smallest absolute Gasteiger partial charge is 0.345 e. The predicted octanol–water partition coefficient (Wildman–Crippen LogP) is 1.85. The summed E-state index contributed by atoms with van der Waals surface area (Å²) in [6, 6.07) is 8.68. The summed E-state index contributed by atoms with van der Waals surface area (Å²) in [7, 11) is 1.62. The minimum atomic E-state index is -1.26. The van der Waals surface area contributed by atoms with Gasteiger partial charge in [0.2, 0.25) is 5.88 Å². The first-order chi connectivity index (χ1) is 12.0. The van der Waals surface area contributed by atoms with Gasteiger partial charge in [0.25, 0.3) is 0 Å². The number of rotatable bonds is 5. The molecule has 0 spiro atoms. The van der Waals surface area contributed by atoms with E-state index in [1.165, 1.54) is 0 Å². The summed E-state index contributed by atoms with van der Waals surface area (Å²) < 4.78 is 10.9. The number of hydrogen-bond acceptors (Lipinski definition) is 7. The lowest BCUT2D eigenvalue weighted by Gasteiger charge is -2.34. The molecule has 128 valence electrons. The van der Waals surface area contributed by atoms with Gasteiger partial charge in [-0.05, 0) is 12.1 Å². The SMILES string of the molecule is CO[C@H]1C[C@H](Oc2nc(-c3cccc(C#N)c3)nc(N)c2C(=O)O)C1. The number of nitrogens with zero attached hydrogens (tertiary/aromatic N) is 3. The first-order valence-corrected chi connectivity index (χ1v) is 7.62. The maximum absolute atomic E-state index is 11.5. The van der Waals surface area contributed by atoms with Crippen LogP contribution in [-0.2, 0) is 4.74 Å². The van der Waals surface area contributed by atoms with Crippen molar-refractivity contribution in [2.24, 2.45) is 0 Å². The van der Waals surface area contributed by atoms with Crippen molar-refractivity contribution in [3.63, 3.8) is 0 Å². The van der Waals surface area contributed by atoms with E-state index in [-0.39, 0.29) is 35.3 Å². The molecule has 0 atom stereocenters. The Morgan fingerprint density at radius 2 is 2.12 bits per heavy atom. The van der Waals surface area contributed by atoms with Crippen LogP contribution in [0.2, 0.25) is 0 Å². The number of nitrogen functional groups attached to an aromatic ring is 1. The summed E-state index contributed by atoms with van der Waals surface area (Å²) in [6.45, 7) is 0. The lowest BCUT2D eigenvalue weighted by Crippen LogP contribution is -2.39. The summed E-state index contributed by atoms with van der Waals surface area (Å²) in [5.41, 5.74) is 6.54. The van der Waals surface area contributed by atoms with Crippen molar-refractivity contribution in [1.29, 1.82) is 5.26 Å². The molecule has 25 heavy (non-hydrogen) atoms. The maximum Gasteiger partial charge on any atom is 0.345 e. The molecule has 0 amide bonds. The summed E-state index contributed by atoms with van der Waals surface area (Å²) in [5, 5.41) is 18.4. The van der Waals surface area contributed by atoms with Gasteiger partial charge in [-0.1, -0.05) is 12.1 Å². The Morgan fingerprint density at radius 3 is 2.76 bits per heavy atom. The van der Waals surface area contributed by atoms with Gasteiger partial charge in [0.05, 0.1) is 17.7 Å². The summed E-state index contributed by atoms with van der Waals surface area (Å²) in [4.78, 5) is 19.8. The molecule has 1 aromatic carbocycles. The second-order valence-electron chi connectivity index (χ2n) is 5.68. The Bertz CT molecular complexity index is 856. The van der Waals surface area contributed by atoms with Gasteiger partial charge in [-0.15, -0.1) is 0 Å². The zero-order chi connectivity index (χ0) is 18.0. The minimum absolute atomic E-state index is 0.0723. The summed E-state index contributed by atoms with van der Waals surface area (Å²) in [6.07, 6.45) is 1.22. The Morgan fingerprint density at radius 1 is 1.36 bits per heavy atom. The average Bonchev–Trinajstić information content (AvgIpc) is 2.56. The molecule has 3 rings (SSSR count). The molecule has 1 heterocycles. The van der Waals surface area contributed by atoms with Gasteiger partial charge < -0.3 is 20.3 Å². The molecule has 1 saturated carbocycles. The van der Waals surface area contributed by atoms with E-state index in [1.54, 1.807) is 31.4 Å². The van der Waals surface area contributed by atoms with Crippen LogP contribution in [0, 0.1) is 11.3 Å². The van der Waals surface area contributed by atoms with E-state index < -0.39 is 5.97 Å². The maximum atomic E-state index is 11.5. The number of methoxy groups -OCH3 is 1. The second kappa shape index (κ2) is 6.75. The van der Waals surface area contributed by atoms with Gasteiger partial charge in [-0.2, -0.15) is 10.2 Å². The fraction of sp³-hybridized carbons (Fsp3) is 0.294. The van der Waals surface area contributed by atoms with Crippen LogP contribution in [0.1, 0.15) is 28.8 Å². The van der Waals surface area contributed by atoms with Crippen molar-refractivity contribution in [3.8, 4) is 23.3 Å². The number of carboxylic acid groups (broad SMARTS) is 1. The molecule has 1 aliphatic carbocycles. The number of anilines is 1. The molecular formula is C17H16N4O4. The first kappa shape index (κ1) is 16.7. The summed E-state index contributed by atoms with van der Waals surface area (Å²) >= 11 is 0. The molecule has 0 saturated heterocycles. The number of aromatic nitrogens is 2. The number of benzene rings is 1. The van der Waals surface area contributed by atoms with E-state index in [4.69, 9.17) is 20.5 Å². The van der Waals surface area contributed by atoms with Crippen LogP contribution in [-0.4, -0.2) is 40.4 Å². The highest BCUT2D eigenvalue weighted by Crippen LogP contribution is 2.32. The van der Waals surface area contributed by atoms with E-state index in [1.807, 2.05) is 6.07 Å². The van der Waals surface area contributed by atoms with Gasteiger partial charge in [0.15, 0.2) is 11.4 Å². The van der Waals surface area contributed by atoms with Crippen LogP contribution in [0.25, 0.3) is 11.4 Å². The van der Waals surface area contributed by atoms with Crippen LogP contribution < -0.4 is 10.5 Å². The normalized spacial score (nSPS) is 18.9. The highest BCUT2D eigenvalue weighted by molar-refractivity contribution is 5.95. The van der Waals surface area contributed by atoms with E-state index in [2.05, 4.69) is 9.97 Å². The fourth-order valence-corrected chi connectivity index (χ4v) is 2.56. The third-order valence-electron chi connectivity index (χ3n) is 4.03. The number of ether oxygens (including phenoxy) is 2. The molecular weight excluding hydrogens is 324 g/mol. The Labute approximate surface area is 143 Å². The first-order valence-electron chi connectivity index (χ1n) is 7.62. The van der Waals surface area contributed by atoms with E-state index in [0.717, 1.165) is 0 Å². The minimum Gasteiger partial charge on any atom is -0.477 e. The highest BCUT2D eigenvalue weighted by Gasteiger charge is 2.33. The molecule has 8 heteroatoms. The average molecular weight is 340 g/mol. The fourth-order valence-electron chi connectivity index (χ4n) is 2.56. The number of carboxylic acids is 1. The van der Waals surface area contributed by atoms with Crippen LogP contribution in [0.4, 0.5) is 5.82 Å². The van der Waals surface area contributed by atoms with Crippen LogP contribution in [0.15, 0.2) is 24.3 Å². The van der Waals surface area contributed by atoms with E-state index in [9.17, 15) is 9.90 Å². The van der Waals surface area contributed by atoms with Gasteiger partial charge in [-0.3, -0.25) is 0 Å². The third-order valence-corrected chi connectivity index (χ3v) is 4.03. The lowest BCUT2D eigenvalue weighted by molar-refractivity contribution is -0.0399. The second-order valence-corrected chi connectivity index (χ2v) is 5.68. The number of nitriles is 1. The van der Waals surface area contributed by atoms with E-state index in [0.29, 0.717) is 24.0 Å². The molecule has 8 nitrogen and oxygen atoms in total. The lowest BCUT2D eigenvalue weighted by atomic mass is 9.92. The van der Waals surface area contributed by atoms with Crippen molar-refractivity contribution in [1.82, 2.24) is 9.97 Å². The summed E-state index contributed by atoms with van der Waals surface area (Å²) in [5.74, 6) is -1.31. The standard InChI is InChI=1S/C17H16N4O4/c1-24-11-6-12(7-11)25-16-13(17(22)23)14(19)20-15(21-16)10-4-2-3-9(5-10)8-18/h2-5,11-12H,6-7H2,1H3,(H,22,23)(H2,19,20,21)/t11-,12-. The zero-order valence-electron chi connectivity index (χ0n) is 13.5. The largest absolute Gasteiger partial charge is 0.477 e. The van der Waals surface area contributed by atoms with Crippen molar-refractivity contribution in [2.45, 2.75) is 25.0 Å². The predicted molar refractivity (Wildman–Crippen MR) is 88.0 cm³/mol. The molecule has 0 radical (unpaired) electrons. The van der Waals surface area contributed by atoms with Crippen molar-refractivity contribution in [2.75, 3.05) is 12.8 Å². The van der Waals surface area contributed by atoms with Crippen LogP contribution in [0.5, 0.6) is 5.88 Å². The quantitative estimate of drug-likeness (QED) is 0.843.